The summed E-state index contributed by atoms with van der Waals surface area (Å²) in [6.45, 7) is 2.08. The van der Waals surface area contributed by atoms with Gasteiger partial charge in [0.15, 0.2) is 5.76 Å². The zero-order valence-electron chi connectivity index (χ0n) is 17.3. The van der Waals surface area contributed by atoms with Gasteiger partial charge in [0.1, 0.15) is 0 Å². The van der Waals surface area contributed by atoms with Crippen LogP contribution in [0.3, 0.4) is 0 Å². The third-order valence-electron chi connectivity index (χ3n) is 4.82. The fourth-order valence-electron chi connectivity index (χ4n) is 3.24. The van der Waals surface area contributed by atoms with Crippen molar-refractivity contribution in [3.8, 4) is 0 Å². The van der Waals surface area contributed by atoms with E-state index in [0.29, 0.717) is 26.2 Å². The first-order chi connectivity index (χ1) is 14.9. The van der Waals surface area contributed by atoms with Gasteiger partial charge in [0.2, 0.25) is 5.91 Å². The summed E-state index contributed by atoms with van der Waals surface area (Å²) in [6.07, 6.45) is 1.45. The number of carbonyl (C=O) groups excluding carboxylic acids is 4. The standard InChI is InChI=1S/C21H23N3O7/c1-29-20(27)14-10-15(21(28)30-2)12-16(11-14)22-18(25)13-23-5-7-24(8-6-23)19(26)17-4-3-9-31-17/h3-4,9-12H,5-8,13H2,1-2H3,(H,22,25). The van der Waals surface area contributed by atoms with Crippen molar-refractivity contribution >= 4 is 29.4 Å². The molecule has 2 amide bonds. The zero-order chi connectivity index (χ0) is 22.4. The van der Waals surface area contributed by atoms with Crippen molar-refractivity contribution in [1.82, 2.24) is 9.80 Å². The molecule has 1 aromatic heterocycles. The number of benzene rings is 1. The Labute approximate surface area is 178 Å². The van der Waals surface area contributed by atoms with Gasteiger partial charge in [-0.1, -0.05) is 0 Å². The highest BCUT2D eigenvalue weighted by Gasteiger charge is 2.25. The second kappa shape index (κ2) is 9.90. The van der Waals surface area contributed by atoms with Gasteiger partial charge < -0.3 is 24.1 Å². The number of esters is 2. The zero-order valence-corrected chi connectivity index (χ0v) is 17.3. The lowest BCUT2D eigenvalue weighted by Gasteiger charge is -2.33. The summed E-state index contributed by atoms with van der Waals surface area (Å²) in [7, 11) is 2.45. The first-order valence-corrected chi connectivity index (χ1v) is 9.58. The van der Waals surface area contributed by atoms with Crippen LogP contribution in [0.2, 0.25) is 0 Å². The number of ether oxygens (including phenoxy) is 2. The summed E-state index contributed by atoms with van der Waals surface area (Å²) >= 11 is 0. The number of rotatable bonds is 6. The molecule has 1 saturated heterocycles. The van der Waals surface area contributed by atoms with E-state index in [1.165, 1.54) is 38.7 Å². The molecule has 1 aliphatic rings. The molecule has 31 heavy (non-hydrogen) atoms. The van der Waals surface area contributed by atoms with Crippen LogP contribution in [0.25, 0.3) is 0 Å². The lowest BCUT2D eigenvalue weighted by molar-refractivity contribution is -0.117. The number of carbonyl (C=O) groups is 4. The fourth-order valence-corrected chi connectivity index (χ4v) is 3.24. The van der Waals surface area contributed by atoms with E-state index in [4.69, 9.17) is 13.9 Å². The molecule has 2 heterocycles. The predicted molar refractivity (Wildman–Crippen MR) is 109 cm³/mol. The van der Waals surface area contributed by atoms with Gasteiger partial charge in [0.25, 0.3) is 5.91 Å². The van der Waals surface area contributed by atoms with E-state index in [1.54, 1.807) is 17.0 Å². The number of methoxy groups -OCH3 is 2. The Morgan fingerprint density at radius 3 is 2.10 bits per heavy atom. The number of nitrogens with zero attached hydrogens (tertiary/aromatic N) is 2. The van der Waals surface area contributed by atoms with Crippen molar-refractivity contribution in [3.63, 3.8) is 0 Å². The summed E-state index contributed by atoms with van der Waals surface area (Å²) in [4.78, 5) is 52.1. The lowest BCUT2D eigenvalue weighted by atomic mass is 10.1. The molecule has 0 aliphatic carbocycles. The minimum atomic E-state index is -0.640. The summed E-state index contributed by atoms with van der Waals surface area (Å²) < 4.78 is 14.5. The van der Waals surface area contributed by atoms with E-state index in [2.05, 4.69) is 5.32 Å². The third-order valence-corrected chi connectivity index (χ3v) is 4.82. The summed E-state index contributed by atoms with van der Waals surface area (Å²) in [5.41, 5.74) is 0.511. The van der Waals surface area contributed by atoms with Crippen molar-refractivity contribution in [2.45, 2.75) is 0 Å². The van der Waals surface area contributed by atoms with Gasteiger partial charge in [-0.25, -0.2) is 9.59 Å². The van der Waals surface area contributed by atoms with Gasteiger partial charge in [0.05, 0.1) is 38.2 Å². The smallest absolute Gasteiger partial charge is 0.337 e. The van der Waals surface area contributed by atoms with Gasteiger partial charge in [-0.15, -0.1) is 0 Å². The first kappa shape index (κ1) is 22.0. The number of anilines is 1. The SMILES string of the molecule is COC(=O)c1cc(NC(=O)CN2CCN(C(=O)c3ccco3)CC2)cc(C(=O)OC)c1. The normalized spacial score (nSPS) is 14.1. The fraction of sp³-hybridized carbons (Fsp3) is 0.333. The van der Waals surface area contributed by atoms with Gasteiger partial charge in [-0.2, -0.15) is 0 Å². The van der Waals surface area contributed by atoms with Crippen LogP contribution in [-0.2, 0) is 14.3 Å². The molecule has 0 saturated carbocycles. The van der Waals surface area contributed by atoms with Crippen molar-refractivity contribution in [3.05, 3.63) is 53.5 Å². The average molecular weight is 429 g/mol. The predicted octanol–water partition coefficient (Wildman–Crippen LogP) is 1.25. The minimum absolute atomic E-state index is 0.0960. The lowest BCUT2D eigenvalue weighted by Crippen LogP contribution is -2.50. The molecule has 0 unspecified atom stereocenters. The molecular formula is C21H23N3O7. The summed E-state index contributed by atoms with van der Waals surface area (Å²) in [5, 5.41) is 2.69. The second-order valence-corrected chi connectivity index (χ2v) is 6.88. The Kier molecular flexibility index (Phi) is 7.03. The van der Waals surface area contributed by atoms with Gasteiger partial charge in [-0.05, 0) is 30.3 Å². The molecule has 0 spiro atoms. The number of hydrogen-bond acceptors (Lipinski definition) is 8. The van der Waals surface area contributed by atoms with Crippen LogP contribution < -0.4 is 5.32 Å². The molecule has 164 valence electrons. The number of hydrogen-bond donors (Lipinski definition) is 1. The Balaban J connectivity index is 1.59. The Bertz CT molecular complexity index is 929. The molecule has 2 aromatic rings. The molecule has 0 atom stereocenters. The topological polar surface area (TPSA) is 118 Å². The van der Waals surface area contributed by atoms with Crippen LogP contribution >= 0.6 is 0 Å². The van der Waals surface area contributed by atoms with Crippen LogP contribution in [0.5, 0.6) is 0 Å². The molecule has 3 rings (SSSR count). The molecule has 1 N–H and O–H groups in total. The molecule has 0 bridgehead atoms. The van der Waals surface area contributed by atoms with Crippen LogP contribution in [0, 0.1) is 0 Å². The van der Waals surface area contributed by atoms with E-state index < -0.39 is 11.9 Å². The molecule has 10 nitrogen and oxygen atoms in total. The molecule has 0 radical (unpaired) electrons. The number of nitrogens with one attached hydrogen (secondary N) is 1. The van der Waals surface area contributed by atoms with E-state index in [1.807, 2.05) is 4.90 Å². The Morgan fingerprint density at radius 2 is 1.58 bits per heavy atom. The quantitative estimate of drug-likeness (QED) is 0.682. The van der Waals surface area contributed by atoms with Gasteiger partial charge >= 0.3 is 11.9 Å². The Morgan fingerprint density at radius 1 is 0.968 bits per heavy atom. The molecular weight excluding hydrogens is 406 g/mol. The second-order valence-electron chi connectivity index (χ2n) is 6.88. The molecule has 1 aliphatic heterocycles. The monoisotopic (exact) mass is 429 g/mol. The minimum Gasteiger partial charge on any atom is -0.465 e. The van der Waals surface area contributed by atoms with Crippen LogP contribution in [0.1, 0.15) is 31.3 Å². The van der Waals surface area contributed by atoms with Crippen molar-refractivity contribution < 1.29 is 33.1 Å². The third kappa shape index (κ3) is 5.48. The maximum atomic E-state index is 12.5. The first-order valence-electron chi connectivity index (χ1n) is 9.58. The number of piperazine rings is 1. The van der Waals surface area contributed by atoms with Crippen molar-refractivity contribution in [2.24, 2.45) is 0 Å². The van der Waals surface area contributed by atoms with E-state index in [0.717, 1.165) is 0 Å². The largest absolute Gasteiger partial charge is 0.465 e. The van der Waals surface area contributed by atoms with E-state index in [9.17, 15) is 19.2 Å². The highest BCUT2D eigenvalue weighted by atomic mass is 16.5. The van der Waals surface area contributed by atoms with E-state index >= 15 is 0 Å². The molecule has 10 heteroatoms. The van der Waals surface area contributed by atoms with Crippen LogP contribution in [-0.4, -0.2) is 80.5 Å². The molecule has 1 fully saturated rings. The maximum absolute atomic E-state index is 12.5. The number of amides is 2. The maximum Gasteiger partial charge on any atom is 0.337 e. The number of furan rings is 1. The van der Waals surface area contributed by atoms with Crippen LogP contribution in [0.4, 0.5) is 5.69 Å². The summed E-state index contributed by atoms with van der Waals surface area (Å²) in [6, 6.07) is 7.47. The van der Waals surface area contributed by atoms with Gasteiger partial charge in [-0.3, -0.25) is 14.5 Å². The molecule has 1 aromatic carbocycles. The average Bonchev–Trinajstić information content (AvgIpc) is 3.32. The Hall–Kier alpha value is -3.66. The highest BCUT2D eigenvalue weighted by Crippen LogP contribution is 2.17. The van der Waals surface area contributed by atoms with Crippen molar-refractivity contribution in [2.75, 3.05) is 52.3 Å². The van der Waals surface area contributed by atoms with Gasteiger partial charge in [0, 0.05) is 31.9 Å². The highest BCUT2D eigenvalue weighted by molar-refractivity contribution is 5.99. The van der Waals surface area contributed by atoms with Crippen LogP contribution in [0.15, 0.2) is 41.0 Å². The summed E-state index contributed by atoms with van der Waals surface area (Å²) in [5.74, 6) is -1.48. The van der Waals surface area contributed by atoms with Crippen molar-refractivity contribution in [1.29, 1.82) is 0 Å². The van der Waals surface area contributed by atoms with E-state index in [-0.39, 0.29) is 40.9 Å².